The van der Waals surface area contributed by atoms with E-state index in [1.165, 1.54) is 0 Å². The van der Waals surface area contributed by atoms with Gasteiger partial charge in [0.15, 0.2) is 0 Å². The number of rotatable bonds is 3. The lowest BCUT2D eigenvalue weighted by Gasteiger charge is -2.11. The van der Waals surface area contributed by atoms with Crippen molar-refractivity contribution in [1.82, 2.24) is 0 Å². The minimum absolute atomic E-state index is 0.0505. The lowest BCUT2D eigenvalue weighted by atomic mass is 9.99. The quantitative estimate of drug-likeness (QED) is 0.799. The summed E-state index contributed by atoms with van der Waals surface area (Å²) in [7, 11) is 1.59. The average Bonchev–Trinajstić information content (AvgIpc) is 2.12. The maximum Gasteiger partial charge on any atom is 0.307 e. The van der Waals surface area contributed by atoms with Crippen molar-refractivity contribution in [3.05, 3.63) is 28.8 Å². The highest BCUT2D eigenvalue weighted by Crippen LogP contribution is 2.24. The number of methoxy groups -OCH3 is 1. The zero-order valence-corrected chi connectivity index (χ0v) is 8.63. The molecule has 0 amide bonds. The molecule has 0 atom stereocenters. The molecule has 0 unspecified atom stereocenters. The molecule has 0 aromatic heterocycles. The third-order valence-electron chi connectivity index (χ3n) is 2.33. The molecule has 0 spiro atoms. The molecule has 14 heavy (non-hydrogen) atoms. The minimum Gasteiger partial charge on any atom is -0.496 e. The number of aliphatic carboxylic acids is 1. The average molecular weight is 194 g/mol. The maximum absolute atomic E-state index is 10.6. The Morgan fingerprint density at radius 3 is 2.57 bits per heavy atom. The minimum atomic E-state index is -0.815. The molecular weight excluding hydrogens is 180 g/mol. The van der Waals surface area contributed by atoms with Crippen molar-refractivity contribution < 1.29 is 14.6 Å². The molecule has 1 rings (SSSR count). The summed E-state index contributed by atoms with van der Waals surface area (Å²) in [4.78, 5) is 10.6. The Bertz CT molecular complexity index is 356. The predicted molar refractivity (Wildman–Crippen MR) is 53.8 cm³/mol. The van der Waals surface area contributed by atoms with Crippen molar-refractivity contribution in [3.63, 3.8) is 0 Å². The van der Waals surface area contributed by atoms with Gasteiger partial charge in [0.2, 0.25) is 0 Å². The van der Waals surface area contributed by atoms with Gasteiger partial charge in [0.05, 0.1) is 13.5 Å². The summed E-state index contributed by atoms with van der Waals surface area (Å²) in [6.45, 7) is 3.79. The van der Waals surface area contributed by atoms with Gasteiger partial charge in [-0.15, -0.1) is 0 Å². The second kappa shape index (κ2) is 4.13. The first kappa shape index (κ1) is 10.6. The van der Waals surface area contributed by atoms with E-state index in [1.807, 2.05) is 26.0 Å². The summed E-state index contributed by atoms with van der Waals surface area (Å²) in [5.41, 5.74) is 2.75. The maximum atomic E-state index is 10.6. The van der Waals surface area contributed by atoms with Crippen molar-refractivity contribution in [2.75, 3.05) is 7.11 Å². The molecule has 76 valence electrons. The molecule has 0 aliphatic heterocycles. The van der Waals surface area contributed by atoms with E-state index < -0.39 is 5.97 Å². The number of ether oxygens (including phenoxy) is 1. The number of carbonyl (C=O) groups is 1. The lowest BCUT2D eigenvalue weighted by Crippen LogP contribution is -2.05. The normalized spacial score (nSPS) is 9.93. The standard InChI is InChI=1S/C11H14O3/c1-7-4-5-10(14-3)8(2)9(7)6-11(12)13/h4-5H,6H2,1-3H3,(H,12,13). The Labute approximate surface area is 83.3 Å². The van der Waals surface area contributed by atoms with E-state index in [0.29, 0.717) is 0 Å². The van der Waals surface area contributed by atoms with Crippen LogP contribution in [0.15, 0.2) is 12.1 Å². The topological polar surface area (TPSA) is 46.5 Å². The van der Waals surface area contributed by atoms with Crippen molar-refractivity contribution >= 4 is 5.97 Å². The van der Waals surface area contributed by atoms with Crippen LogP contribution < -0.4 is 4.74 Å². The fraction of sp³-hybridized carbons (Fsp3) is 0.364. The van der Waals surface area contributed by atoms with Crippen LogP contribution in [0.25, 0.3) is 0 Å². The second-order valence-electron chi connectivity index (χ2n) is 3.26. The van der Waals surface area contributed by atoms with Gasteiger partial charge >= 0.3 is 5.97 Å². The van der Waals surface area contributed by atoms with E-state index in [2.05, 4.69) is 0 Å². The summed E-state index contributed by atoms with van der Waals surface area (Å²) >= 11 is 0. The first-order valence-corrected chi connectivity index (χ1v) is 4.41. The van der Waals surface area contributed by atoms with Crippen LogP contribution in [-0.4, -0.2) is 18.2 Å². The Hall–Kier alpha value is -1.51. The van der Waals surface area contributed by atoms with E-state index in [4.69, 9.17) is 9.84 Å². The Morgan fingerprint density at radius 1 is 1.43 bits per heavy atom. The van der Waals surface area contributed by atoms with Crippen LogP contribution in [0.4, 0.5) is 0 Å². The summed E-state index contributed by atoms with van der Waals surface area (Å²) in [6, 6.07) is 3.74. The lowest BCUT2D eigenvalue weighted by molar-refractivity contribution is -0.136. The smallest absolute Gasteiger partial charge is 0.307 e. The number of aryl methyl sites for hydroxylation is 1. The third-order valence-corrected chi connectivity index (χ3v) is 2.33. The highest BCUT2D eigenvalue weighted by Gasteiger charge is 2.10. The third kappa shape index (κ3) is 2.05. The Kier molecular flexibility index (Phi) is 3.12. The van der Waals surface area contributed by atoms with Gasteiger partial charge in [0.25, 0.3) is 0 Å². The van der Waals surface area contributed by atoms with Gasteiger partial charge in [-0.2, -0.15) is 0 Å². The molecule has 1 aromatic rings. The molecule has 3 nitrogen and oxygen atoms in total. The van der Waals surface area contributed by atoms with Gasteiger partial charge in [-0.1, -0.05) is 6.07 Å². The van der Waals surface area contributed by atoms with E-state index in [1.54, 1.807) is 7.11 Å². The summed E-state index contributed by atoms with van der Waals surface area (Å²) in [5.74, 6) is -0.0729. The molecule has 1 aromatic carbocycles. The summed E-state index contributed by atoms with van der Waals surface area (Å²) in [6.07, 6.45) is 0.0505. The van der Waals surface area contributed by atoms with Crippen LogP contribution in [-0.2, 0) is 11.2 Å². The van der Waals surface area contributed by atoms with E-state index >= 15 is 0 Å². The van der Waals surface area contributed by atoms with Crippen LogP contribution >= 0.6 is 0 Å². The van der Waals surface area contributed by atoms with Crippen LogP contribution in [0.2, 0.25) is 0 Å². The number of carboxylic acids is 1. The fourth-order valence-electron chi connectivity index (χ4n) is 1.52. The van der Waals surface area contributed by atoms with Crippen molar-refractivity contribution in [2.24, 2.45) is 0 Å². The second-order valence-corrected chi connectivity index (χ2v) is 3.26. The van der Waals surface area contributed by atoms with Gasteiger partial charge in [0, 0.05) is 0 Å². The number of hydrogen-bond acceptors (Lipinski definition) is 2. The van der Waals surface area contributed by atoms with E-state index in [0.717, 1.165) is 22.4 Å². The molecule has 0 aliphatic rings. The summed E-state index contributed by atoms with van der Waals surface area (Å²) in [5, 5.41) is 8.74. The zero-order chi connectivity index (χ0) is 10.7. The van der Waals surface area contributed by atoms with Crippen molar-refractivity contribution in [1.29, 1.82) is 0 Å². The molecule has 0 heterocycles. The monoisotopic (exact) mass is 194 g/mol. The SMILES string of the molecule is COc1ccc(C)c(CC(=O)O)c1C. The first-order valence-electron chi connectivity index (χ1n) is 4.41. The van der Waals surface area contributed by atoms with Crippen LogP contribution in [0.5, 0.6) is 5.75 Å². The van der Waals surface area contributed by atoms with Gasteiger partial charge in [-0.05, 0) is 36.6 Å². The van der Waals surface area contributed by atoms with Gasteiger partial charge in [-0.3, -0.25) is 4.79 Å². The molecule has 0 bridgehead atoms. The number of hydrogen-bond donors (Lipinski definition) is 1. The number of benzene rings is 1. The van der Waals surface area contributed by atoms with E-state index in [-0.39, 0.29) is 6.42 Å². The molecule has 3 heteroatoms. The Morgan fingerprint density at radius 2 is 2.07 bits per heavy atom. The van der Waals surface area contributed by atoms with Gasteiger partial charge in [0.1, 0.15) is 5.75 Å². The van der Waals surface area contributed by atoms with Gasteiger partial charge < -0.3 is 9.84 Å². The van der Waals surface area contributed by atoms with Crippen molar-refractivity contribution in [3.8, 4) is 5.75 Å². The van der Waals surface area contributed by atoms with Crippen LogP contribution in [0.3, 0.4) is 0 Å². The molecule has 0 aliphatic carbocycles. The first-order chi connectivity index (χ1) is 6.56. The van der Waals surface area contributed by atoms with Gasteiger partial charge in [-0.25, -0.2) is 0 Å². The zero-order valence-electron chi connectivity index (χ0n) is 8.63. The van der Waals surface area contributed by atoms with Crippen LogP contribution in [0.1, 0.15) is 16.7 Å². The predicted octanol–water partition coefficient (Wildman–Crippen LogP) is 1.94. The molecular formula is C11H14O3. The molecule has 0 saturated carbocycles. The van der Waals surface area contributed by atoms with Crippen molar-refractivity contribution in [2.45, 2.75) is 20.3 Å². The number of carboxylic acid groups (broad SMARTS) is 1. The molecule has 0 fully saturated rings. The largest absolute Gasteiger partial charge is 0.496 e. The van der Waals surface area contributed by atoms with E-state index in [9.17, 15) is 4.79 Å². The summed E-state index contributed by atoms with van der Waals surface area (Å²) < 4.78 is 5.13. The van der Waals surface area contributed by atoms with Crippen LogP contribution in [0, 0.1) is 13.8 Å². The Balaban J connectivity index is 3.18. The highest BCUT2D eigenvalue weighted by atomic mass is 16.5. The molecule has 0 radical (unpaired) electrons. The molecule has 0 saturated heterocycles. The molecule has 1 N–H and O–H groups in total. The fourth-order valence-corrected chi connectivity index (χ4v) is 1.52. The highest BCUT2D eigenvalue weighted by molar-refractivity contribution is 5.72.